The van der Waals surface area contributed by atoms with Crippen molar-refractivity contribution in [3.8, 4) is 6.07 Å². The molecule has 1 heterocycles. The Balaban J connectivity index is 2.08. The Kier molecular flexibility index (Phi) is 2.85. The van der Waals surface area contributed by atoms with Crippen LogP contribution < -0.4 is 0 Å². The van der Waals surface area contributed by atoms with E-state index >= 15 is 0 Å². The molecule has 0 atom stereocenters. The van der Waals surface area contributed by atoms with E-state index in [1.807, 2.05) is 36.7 Å². The first-order valence-electron chi connectivity index (χ1n) is 4.94. The molecule has 0 bridgehead atoms. The van der Waals surface area contributed by atoms with Crippen molar-refractivity contribution < 1.29 is 0 Å². The smallest absolute Gasteiger partial charge is 0.0669 e. The summed E-state index contributed by atoms with van der Waals surface area (Å²) in [5.41, 5.74) is 2.33. The lowest BCUT2D eigenvalue weighted by atomic mass is 10.1. The number of benzene rings is 1. The minimum Gasteiger partial charge on any atom is -0.350 e. The van der Waals surface area contributed by atoms with Crippen LogP contribution in [0, 0.1) is 11.3 Å². The summed E-state index contributed by atoms with van der Waals surface area (Å²) in [5, 5.41) is 8.54. The minimum absolute atomic E-state index is 0.490. The van der Waals surface area contributed by atoms with E-state index in [0.29, 0.717) is 6.42 Å². The number of nitrogens with zero attached hydrogens (tertiary/aromatic N) is 2. The summed E-state index contributed by atoms with van der Waals surface area (Å²) >= 11 is 0. The van der Waals surface area contributed by atoms with E-state index in [2.05, 4.69) is 22.8 Å². The Hall–Kier alpha value is -2.01. The van der Waals surface area contributed by atoms with Gasteiger partial charge in [-0.25, -0.2) is 0 Å². The molecule has 1 aromatic carbocycles. The zero-order valence-electron chi connectivity index (χ0n) is 8.43. The van der Waals surface area contributed by atoms with Crippen LogP contribution >= 0.6 is 0 Å². The Bertz CT molecular complexity index is 446. The fraction of sp³-hybridized carbons (Fsp3) is 0.154. The summed E-state index contributed by atoms with van der Waals surface area (Å²) in [4.78, 5) is 0. The second-order valence-corrected chi connectivity index (χ2v) is 3.51. The van der Waals surface area contributed by atoms with Gasteiger partial charge in [0.15, 0.2) is 0 Å². The van der Waals surface area contributed by atoms with Crippen molar-refractivity contribution in [2.45, 2.75) is 13.0 Å². The maximum atomic E-state index is 8.54. The summed E-state index contributed by atoms with van der Waals surface area (Å²) < 4.78 is 2.12. The molecular weight excluding hydrogens is 184 g/mol. The average molecular weight is 196 g/mol. The van der Waals surface area contributed by atoms with Crippen LogP contribution in [-0.4, -0.2) is 4.57 Å². The molecule has 0 radical (unpaired) electrons. The van der Waals surface area contributed by atoms with Crippen molar-refractivity contribution in [2.24, 2.45) is 0 Å². The molecule has 0 spiro atoms. The molecule has 1 aromatic heterocycles. The summed E-state index contributed by atoms with van der Waals surface area (Å²) in [7, 11) is 0. The summed E-state index contributed by atoms with van der Waals surface area (Å²) in [5.74, 6) is 0. The van der Waals surface area contributed by atoms with E-state index in [0.717, 1.165) is 12.1 Å². The van der Waals surface area contributed by atoms with Gasteiger partial charge < -0.3 is 4.57 Å². The Morgan fingerprint density at radius 2 is 1.60 bits per heavy atom. The lowest BCUT2D eigenvalue weighted by Crippen LogP contribution is -1.95. The maximum Gasteiger partial charge on any atom is 0.0669 e. The predicted molar refractivity (Wildman–Crippen MR) is 59.3 cm³/mol. The zero-order chi connectivity index (χ0) is 10.5. The second kappa shape index (κ2) is 4.47. The SMILES string of the molecule is N#CCc1ccc(Cn2cccc2)cc1. The van der Waals surface area contributed by atoms with Gasteiger partial charge in [0.25, 0.3) is 0 Å². The van der Waals surface area contributed by atoms with Crippen LogP contribution in [0.1, 0.15) is 11.1 Å². The largest absolute Gasteiger partial charge is 0.350 e. The van der Waals surface area contributed by atoms with Crippen LogP contribution in [0.25, 0.3) is 0 Å². The molecular formula is C13H12N2. The van der Waals surface area contributed by atoms with Gasteiger partial charge in [0.2, 0.25) is 0 Å². The molecule has 0 unspecified atom stereocenters. The molecule has 2 nitrogen and oxygen atoms in total. The van der Waals surface area contributed by atoms with Crippen molar-refractivity contribution in [3.63, 3.8) is 0 Å². The minimum atomic E-state index is 0.490. The lowest BCUT2D eigenvalue weighted by molar-refractivity contribution is 0.806. The van der Waals surface area contributed by atoms with Gasteiger partial charge in [0, 0.05) is 18.9 Å². The van der Waals surface area contributed by atoms with E-state index in [-0.39, 0.29) is 0 Å². The summed E-state index contributed by atoms with van der Waals surface area (Å²) in [6.07, 6.45) is 4.58. The Labute approximate surface area is 89.4 Å². The number of nitriles is 1. The molecule has 0 saturated heterocycles. The van der Waals surface area contributed by atoms with Crippen molar-refractivity contribution in [3.05, 3.63) is 59.9 Å². The van der Waals surface area contributed by atoms with E-state index in [1.54, 1.807) is 0 Å². The third kappa shape index (κ3) is 2.47. The van der Waals surface area contributed by atoms with Gasteiger partial charge in [-0.3, -0.25) is 0 Å². The third-order valence-corrected chi connectivity index (χ3v) is 2.34. The van der Waals surface area contributed by atoms with Crippen LogP contribution in [-0.2, 0) is 13.0 Å². The van der Waals surface area contributed by atoms with Crippen molar-refractivity contribution >= 4 is 0 Å². The molecule has 0 saturated carbocycles. The number of rotatable bonds is 3. The average Bonchev–Trinajstić information content (AvgIpc) is 2.74. The van der Waals surface area contributed by atoms with Gasteiger partial charge in [-0.15, -0.1) is 0 Å². The van der Waals surface area contributed by atoms with Gasteiger partial charge >= 0.3 is 0 Å². The van der Waals surface area contributed by atoms with Gasteiger partial charge in [-0.05, 0) is 23.3 Å². The number of hydrogen-bond donors (Lipinski definition) is 0. The maximum absolute atomic E-state index is 8.54. The summed E-state index contributed by atoms with van der Waals surface area (Å²) in [6.45, 7) is 0.889. The second-order valence-electron chi connectivity index (χ2n) is 3.51. The van der Waals surface area contributed by atoms with Crippen molar-refractivity contribution in [1.82, 2.24) is 4.57 Å². The Morgan fingerprint density at radius 1 is 1.00 bits per heavy atom. The lowest BCUT2D eigenvalue weighted by Gasteiger charge is -2.03. The molecule has 0 N–H and O–H groups in total. The molecule has 2 aromatic rings. The van der Waals surface area contributed by atoms with Crippen LogP contribution in [0.4, 0.5) is 0 Å². The molecule has 2 heteroatoms. The van der Waals surface area contributed by atoms with Crippen LogP contribution in [0.15, 0.2) is 48.8 Å². The van der Waals surface area contributed by atoms with Gasteiger partial charge in [-0.1, -0.05) is 24.3 Å². The highest BCUT2D eigenvalue weighted by atomic mass is 14.9. The van der Waals surface area contributed by atoms with Crippen molar-refractivity contribution in [1.29, 1.82) is 5.26 Å². The van der Waals surface area contributed by atoms with Crippen molar-refractivity contribution in [2.75, 3.05) is 0 Å². The highest BCUT2D eigenvalue weighted by Gasteiger charge is 1.95. The van der Waals surface area contributed by atoms with Crippen LogP contribution in [0.3, 0.4) is 0 Å². The van der Waals surface area contributed by atoms with E-state index in [4.69, 9.17) is 5.26 Å². The summed E-state index contributed by atoms with van der Waals surface area (Å²) in [6, 6.07) is 14.4. The highest BCUT2D eigenvalue weighted by Crippen LogP contribution is 2.07. The van der Waals surface area contributed by atoms with Gasteiger partial charge in [0.1, 0.15) is 0 Å². The predicted octanol–water partition coefficient (Wildman–Crippen LogP) is 2.60. The van der Waals surface area contributed by atoms with E-state index in [1.165, 1.54) is 5.56 Å². The molecule has 74 valence electrons. The fourth-order valence-electron chi connectivity index (χ4n) is 1.54. The molecule has 0 fully saturated rings. The molecule has 0 aliphatic heterocycles. The quantitative estimate of drug-likeness (QED) is 0.741. The molecule has 0 aliphatic rings. The fourth-order valence-corrected chi connectivity index (χ4v) is 1.54. The van der Waals surface area contributed by atoms with E-state index in [9.17, 15) is 0 Å². The third-order valence-electron chi connectivity index (χ3n) is 2.34. The van der Waals surface area contributed by atoms with Gasteiger partial charge in [-0.2, -0.15) is 5.26 Å². The first-order chi connectivity index (χ1) is 7.38. The number of hydrogen-bond acceptors (Lipinski definition) is 1. The first kappa shape index (κ1) is 9.54. The monoisotopic (exact) mass is 196 g/mol. The first-order valence-corrected chi connectivity index (χ1v) is 4.94. The van der Waals surface area contributed by atoms with Gasteiger partial charge in [0.05, 0.1) is 12.5 Å². The van der Waals surface area contributed by atoms with Crippen LogP contribution in [0.5, 0.6) is 0 Å². The standard InChI is InChI=1S/C13H12N2/c14-8-7-12-3-5-13(6-4-12)11-15-9-1-2-10-15/h1-6,9-10H,7,11H2. The molecule has 0 aliphatic carbocycles. The van der Waals surface area contributed by atoms with E-state index < -0.39 is 0 Å². The highest BCUT2D eigenvalue weighted by molar-refractivity contribution is 5.24. The normalized spacial score (nSPS) is 9.80. The zero-order valence-corrected chi connectivity index (χ0v) is 8.43. The molecule has 0 amide bonds. The number of aromatic nitrogens is 1. The molecule has 15 heavy (non-hydrogen) atoms. The topological polar surface area (TPSA) is 28.7 Å². The Morgan fingerprint density at radius 3 is 2.20 bits per heavy atom. The van der Waals surface area contributed by atoms with Crippen LogP contribution in [0.2, 0.25) is 0 Å². The molecule has 2 rings (SSSR count).